The van der Waals surface area contributed by atoms with E-state index in [4.69, 9.17) is 9.47 Å². The van der Waals surface area contributed by atoms with Crippen LogP contribution in [0.5, 0.6) is 11.5 Å². The summed E-state index contributed by atoms with van der Waals surface area (Å²) in [6.45, 7) is 8.17. The summed E-state index contributed by atoms with van der Waals surface area (Å²) in [5, 5.41) is 3.29. The molecule has 1 heterocycles. The van der Waals surface area contributed by atoms with E-state index in [0.717, 1.165) is 18.7 Å². The molecule has 1 amide bonds. The Labute approximate surface area is 144 Å². The first kappa shape index (κ1) is 19.3. The maximum atomic E-state index is 12.8. The number of ether oxygens (including phenoxy) is 2. The molecule has 128 valence electrons. The smallest absolute Gasteiger partial charge is 0.254 e. The van der Waals surface area contributed by atoms with Gasteiger partial charge in [0.2, 0.25) is 0 Å². The molecular formula is C17H25ClN2O3. The minimum Gasteiger partial charge on any atom is -0.493 e. The van der Waals surface area contributed by atoms with Crippen LogP contribution in [0.2, 0.25) is 0 Å². The molecule has 0 aliphatic carbocycles. The molecule has 0 saturated carbocycles. The van der Waals surface area contributed by atoms with Crippen molar-refractivity contribution >= 4 is 18.3 Å². The minimum absolute atomic E-state index is 0. The number of benzene rings is 1. The van der Waals surface area contributed by atoms with E-state index in [2.05, 4.69) is 18.8 Å². The van der Waals surface area contributed by atoms with Crippen molar-refractivity contribution in [2.24, 2.45) is 0 Å². The standard InChI is InChI=1S/C17H24N2O3.ClH/c1-5-6-13-9-14(10-15(21-3)16(13)22-4)17(20)19-8-7-18-11-12(19)2;/h5,9-10,12,18H,1,6-8,11H2,2-4H3;1H/t12-;/m1./s1. The molecule has 1 saturated heterocycles. The summed E-state index contributed by atoms with van der Waals surface area (Å²) in [4.78, 5) is 14.7. The third kappa shape index (κ3) is 4.18. The number of carbonyl (C=O) groups is 1. The highest BCUT2D eigenvalue weighted by atomic mass is 35.5. The zero-order valence-corrected chi connectivity index (χ0v) is 14.7. The Balaban J connectivity index is 0.00000264. The number of hydrogen-bond acceptors (Lipinski definition) is 4. The molecule has 1 N–H and O–H groups in total. The third-order valence-electron chi connectivity index (χ3n) is 3.93. The number of nitrogens with zero attached hydrogens (tertiary/aromatic N) is 1. The Morgan fingerprint density at radius 2 is 2.17 bits per heavy atom. The first-order valence-electron chi connectivity index (χ1n) is 7.49. The topological polar surface area (TPSA) is 50.8 Å². The average Bonchev–Trinajstić information content (AvgIpc) is 2.54. The monoisotopic (exact) mass is 340 g/mol. The fraction of sp³-hybridized carbons (Fsp3) is 0.471. The number of piperazine rings is 1. The number of nitrogens with one attached hydrogen (secondary N) is 1. The second kappa shape index (κ2) is 8.79. The van der Waals surface area contributed by atoms with Crippen molar-refractivity contribution in [3.8, 4) is 11.5 Å². The van der Waals surface area contributed by atoms with Gasteiger partial charge in [-0.3, -0.25) is 4.79 Å². The molecule has 1 fully saturated rings. The first-order chi connectivity index (χ1) is 10.6. The summed E-state index contributed by atoms with van der Waals surface area (Å²) in [6, 6.07) is 3.81. The molecule has 1 aromatic carbocycles. The van der Waals surface area contributed by atoms with Gasteiger partial charge in [-0.1, -0.05) is 6.08 Å². The van der Waals surface area contributed by atoms with Crippen LogP contribution in [-0.2, 0) is 6.42 Å². The molecule has 0 bridgehead atoms. The number of amides is 1. The van der Waals surface area contributed by atoms with Crippen LogP contribution in [0.1, 0.15) is 22.8 Å². The van der Waals surface area contributed by atoms with E-state index in [9.17, 15) is 4.79 Å². The number of allylic oxidation sites excluding steroid dienone is 1. The molecule has 0 spiro atoms. The van der Waals surface area contributed by atoms with Gasteiger partial charge in [0.1, 0.15) is 0 Å². The van der Waals surface area contributed by atoms with Gasteiger partial charge >= 0.3 is 0 Å². The molecule has 6 heteroatoms. The van der Waals surface area contributed by atoms with Crippen LogP contribution in [0.4, 0.5) is 0 Å². The van der Waals surface area contributed by atoms with Crippen LogP contribution in [0, 0.1) is 0 Å². The van der Waals surface area contributed by atoms with Crippen molar-refractivity contribution < 1.29 is 14.3 Å². The number of carbonyl (C=O) groups excluding carboxylic acids is 1. The van der Waals surface area contributed by atoms with Crippen LogP contribution >= 0.6 is 12.4 Å². The van der Waals surface area contributed by atoms with Crippen LogP contribution in [0.15, 0.2) is 24.8 Å². The van der Waals surface area contributed by atoms with Gasteiger partial charge in [0.05, 0.1) is 14.2 Å². The summed E-state index contributed by atoms with van der Waals surface area (Å²) in [5.41, 5.74) is 1.53. The molecule has 1 atom stereocenters. The molecule has 0 radical (unpaired) electrons. The van der Waals surface area contributed by atoms with E-state index >= 15 is 0 Å². The molecule has 1 aromatic rings. The third-order valence-corrected chi connectivity index (χ3v) is 3.93. The molecule has 0 unspecified atom stereocenters. The van der Waals surface area contributed by atoms with Gasteiger partial charge in [-0.05, 0) is 25.5 Å². The molecule has 2 rings (SSSR count). The van der Waals surface area contributed by atoms with E-state index in [1.807, 2.05) is 11.0 Å². The van der Waals surface area contributed by atoms with Gasteiger partial charge in [0.15, 0.2) is 11.5 Å². The number of halogens is 1. The Hall–Kier alpha value is -1.72. The predicted molar refractivity (Wildman–Crippen MR) is 94.1 cm³/mol. The van der Waals surface area contributed by atoms with Crippen molar-refractivity contribution in [3.63, 3.8) is 0 Å². The lowest BCUT2D eigenvalue weighted by Crippen LogP contribution is -2.52. The fourth-order valence-electron chi connectivity index (χ4n) is 2.78. The molecule has 5 nitrogen and oxygen atoms in total. The van der Waals surface area contributed by atoms with Crippen molar-refractivity contribution in [2.45, 2.75) is 19.4 Å². The van der Waals surface area contributed by atoms with Crippen molar-refractivity contribution in [3.05, 3.63) is 35.9 Å². The zero-order valence-electron chi connectivity index (χ0n) is 13.9. The minimum atomic E-state index is 0. The Morgan fingerprint density at radius 3 is 2.74 bits per heavy atom. The van der Waals surface area contributed by atoms with Gasteiger partial charge in [-0.25, -0.2) is 0 Å². The van der Waals surface area contributed by atoms with Crippen LogP contribution in [0.3, 0.4) is 0 Å². The molecular weight excluding hydrogens is 316 g/mol. The average molecular weight is 341 g/mol. The quantitative estimate of drug-likeness (QED) is 0.836. The van der Waals surface area contributed by atoms with Gasteiger partial charge in [-0.15, -0.1) is 19.0 Å². The van der Waals surface area contributed by atoms with E-state index in [-0.39, 0.29) is 24.4 Å². The molecule has 1 aliphatic rings. The highest BCUT2D eigenvalue weighted by Gasteiger charge is 2.25. The van der Waals surface area contributed by atoms with Crippen molar-refractivity contribution in [1.29, 1.82) is 0 Å². The zero-order chi connectivity index (χ0) is 16.1. The highest BCUT2D eigenvalue weighted by molar-refractivity contribution is 5.95. The second-order valence-corrected chi connectivity index (χ2v) is 5.42. The second-order valence-electron chi connectivity index (χ2n) is 5.42. The molecule has 0 aromatic heterocycles. The van der Waals surface area contributed by atoms with Gasteiger partial charge in [0.25, 0.3) is 5.91 Å². The Kier molecular flexibility index (Phi) is 7.39. The van der Waals surface area contributed by atoms with Gasteiger partial charge in [-0.2, -0.15) is 0 Å². The predicted octanol–water partition coefficient (Wildman–Crippen LogP) is 2.29. The molecule has 1 aliphatic heterocycles. The maximum absolute atomic E-state index is 12.8. The highest BCUT2D eigenvalue weighted by Crippen LogP contribution is 2.33. The first-order valence-corrected chi connectivity index (χ1v) is 7.49. The van der Waals surface area contributed by atoms with E-state index in [0.29, 0.717) is 30.0 Å². The SMILES string of the molecule is C=CCc1cc(C(=O)N2CCNC[C@H]2C)cc(OC)c1OC.Cl. The van der Waals surface area contributed by atoms with E-state index in [1.165, 1.54) is 0 Å². The summed E-state index contributed by atoms with van der Waals surface area (Å²) in [6.07, 6.45) is 2.41. The summed E-state index contributed by atoms with van der Waals surface area (Å²) < 4.78 is 10.8. The summed E-state index contributed by atoms with van der Waals surface area (Å²) in [5.74, 6) is 1.26. The van der Waals surface area contributed by atoms with Gasteiger partial charge in [0, 0.05) is 36.8 Å². The largest absolute Gasteiger partial charge is 0.493 e. The lowest BCUT2D eigenvalue weighted by atomic mass is 10.0. The van der Waals surface area contributed by atoms with Gasteiger partial charge < -0.3 is 19.7 Å². The Morgan fingerprint density at radius 1 is 1.43 bits per heavy atom. The van der Waals surface area contributed by atoms with Crippen molar-refractivity contribution in [1.82, 2.24) is 10.2 Å². The lowest BCUT2D eigenvalue weighted by molar-refractivity contribution is 0.0655. The van der Waals surface area contributed by atoms with E-state index < -0.39 is 0 Å². The normalized spacial score (nSPS) is 17.2. The van der Waals surface area contributed by atoms with Crippen LogP contribution in [-0.4, -0.2) is 50.7 Å². The lowest BCUT2D eigenvalue weighted by Gasteiger charge is -2.34. The van der Waals surface area contributed by atoms with Crippen molar-refractivity contribution in [2.75, 3.05) is 33.9 Å². The number of methoxy groups -OCH3 is 2. The van der Waals surface area contributed by atoms with Crippen LogP contribution in [0.25, 0.3) is 0 Å². The fourth-order valence-corrected chi connectivity index (χ4v) is 2.78. The maximum Gasteiger partial charge on any atom is 0.254 e. The summed E-state index contributed by atoms with van der Waals surface area (Å²) >= 11 is 0. The summed E-state index contributed by atoms with van der Waals surface area (Å²) in [7, 11) is 3.18. The van der Waals surface area contributed by atoms with E-state index in [1.54, 1.807) is 26.4 Å². The Bertz CT molecular complexity index is 563. The number of hydrogen-bond donors (Lipinski definition) is 1. The van der Waals surface area contributed by atoms with Crippen LogP contribution < -0.4 is 14.8 Å². The molecule has 23 heavy (non-hydrogen) atoms. The number of rotatable bonds is 5.